The zero-order valence-electron chi connectivity index (χ0n) is 12.9. The third-order valence-electron chi connectivity index (χ3n) is 4.67. The molecule has 0 spiro atoms. The molecule has 0 bridgehead atoms. The monoisotopic (exact) mass is 329 g/mol. The minimum atomic E-state index is -0.187. The second-order valence-corrected chi connectivity index (χ2v) is 7.05. The zero-order chi connectivity index (χ0) is 15.5. The van der Waals surface area contributed by atoms with Crippen LogP contribution in [0.25, 0.3) is 0 Å². The second-order valence-electron chi connectivity index (χ2n) is 6.24. The van der Waals surface area contributed by atoms with Gasteiger partial charge in [0.15, 0.2) is 0 Å². The Bertz CT molecular complexity index is 470. The molecule has 1 unspecified atom stereocenters. The van der Waals surface area contributed by atoms with Gasteiger partial charge in [0.05, 0.1) is 15.6 Å². The first-order chi connectivity index (χ1) is 9.97. The summed E-state index contributed by atoms with van der Waals surface area (Å²) in [5, 5.41) is 1.17. The van der Waals surface area contributed by atoms with E-state index in [0.29, 0.717) is 16.7 Å². The fourth-order valence-electron chi connectivity index (χ4n) is 3.27. The van der Waals surface area contributed by atoms with Gasteiger partial charge < -0.3 is 10.5 Å². The minimum Gasteiger partial charge on any atom is -0.374 e. The lowest BCUT2D eigenvalue weighted by molar-refractivity contribution is -0.0883. The summed E-state index contributed by atoms with van der Waals surface area (Å²) < 4.78 is 6.12. The number of rotatable bonds is 5. The largest absolute Gasteiger partial charge is 0.374 e. The lowest BCUT2D eigenvalue weighted by atomic mass is 9.74. The number of nitrogens with two attached hydrogens (primary N) is 1. The third-order valence-corrected chi connectivity index (χ3v) is 5.41. The molecule has 0 amide bonds. The van der Waals surface area contributed by atoms with E-state index in [2.05, 4.69) is 6.92 Å². The summed E-state index contributed by atoms with van der Waals surface area (Å²) in [6.07, 6.45) is 5.24. The summed E-state index contributed by atoms with van der Waals surface area (Å²) in [6.45, 7) is 5.06. The van der Waals surface area contributed by atoms with Gasteiger partial charge in [0.1, 0.15) is 0 Å². The van der Waals surface area contributed by atoms with Gasteiger partial charge in [-0.05, 0) is 62.6 Å². The summed E-state index contributed by atoms with van der Waals surface area (Å²) in [4.78, 5) is 0. The van der Waals surface area contributed by atoms with Crippen LogP contribution in [0.1, 0.15) is 45.1 Å². The number of ether oxygens (including phenoxy) is 1. The Morgan fingerprint density at radius 1 is 1.29 bits per heavy atom. The highest BCUT2D eigenvalue weighted by Gasteiger charge is 2.40. The maximum Gasteiger partial charge on any atom is 0.0835 e. The molecule has 0 aromatic heterocycles. The highest BCUT2D eigenvalue weighted by Crippen LogP contribution is 2.38. The quantitative estimate of drug-likeness (QED) is 0.838. The molecule has 2 rings (SSSR count). The van der Waals surface area contributed by atoms with Crippen LogP contribution in [0.2, 0.25) is 10.0 Å². The smallest absolute Gasteiger partial charge is 0.0835 e. The van der Waals surface area contributed by atoms with Crippen LogP contribution in [0.4, 0.5) is 0 Å². The Balaban J connectivity index is 2.11. The van der Waals surface area contributed by atoms with Crippen molar-refractivity contribution in [2.75, 3.05) is 6.61 Å². The van der Waals surface area contributed by atoms with Crippen molar-refractivity contribution in [1.29, 1.82) is 0 Å². The van der Waals surface area contributed by atoms with Crippen LogP contribution in [0.15, 0.2) is 18.2 Å². The standard InChI is InChI=1S/C17H25Cl2NO/c1-3-21-17(8-6-12(2)7-9-17)16(20)11-13-4-5-14(18)15(19)10-13/h4-5,10,12,16H,3,6-9,11,20H2,1-2H3. The molecule has 118 valence electrons. The minimum absolute atomic E-state index is 0.0119. The van der Waals surface area contributed by atoms with Crippen LogP contribution in [0.5, 0.6) is 0 Å². The molecule has 0 aliphatic heterocycles. The highest BCUT2D eigenvalue weighted by molar-refractivity contribution is 6.42. The zero-order valence-corrected chi connectivity index (χ0v) is 14.4. The van der Waals surface area contributed by atoms with Crippen LogP contribution in [0.3, 0.4) is 0 Å². The Morgan fingerprint density at radius 3 is 2.52 bits per heavy atom. The van der Waals surface area contributed by atoms with Gasteiger partial charge in [-0.1, -0.05) is 36.2 Å². The first-order valence-corrected chi connectivity index (χ1v) is 8.56. The molecule has 0 saturated heterocycles. The van der Waals surface area contributed by atoms with Crippen molar-refractivity contribution >= 4 is 23.2 Å². The molecule has 1 aromatic rings. The topological polar surface area (TPSA) is 35.2 Å². The molecule has 1 saturated carbocycles. The van der Waals surface area contributed by atoms with Gasteiger partial charge in [-0.3, -0.25) is 0 Å². The van der Waals surface area contributed by atoms with E-state index >= 15 is 0 Å². The normalized spacial score (nSPS) is 27.6. The molecule has 0 radical (unpaired) electrons. The highest BCUT2D eigenvalue weighted by atomic mass is 35.5. The summed E-state index contributed by atoms with van der Waals surface area (Å²) in [6, 6.07) is 5.73. The van der Waals surface area contributed by atoms with Crippen LogP contribution in [-0.4, -0.2) is 18.2 Å². The molecular formula is C17H25Cl2NO. The molecule has 1 fully saturated rings. The average Bonchev–Trinajstić information content (AvgIpc) is 2.46. The summed E-state index contributed by atoms with van der Waals surface area (Å²) in [5.74, 6) is 0.774. The van der Waals surface area contributed by atoms with Gasteiger partial charge in [-0.2, -0.15) is 0 Å². The Labute approximate surface area is 137 Å². The number of benzene rings is 1. The summed E-state index contributed by atoms with van der Waals surface area (Å²) >= 11 is 12.1. The van der Waals surface area contributed by atoms with E-state index in [0.717, 1.165) is 30.7 Å². The third kappa shape index (κ3) is 4.13. The molecule has 1 atom stereocenters. The van der Waals surface area contributed by atoms with E-state index < -0.39 is 0 Å². The van der Waals surface area contributed by atoms with E-state index in [1.165, 1.54) is 12.8 Å². The Morgan fingerprint density at radius 2 is 1.95 bits per heavy atom. The van der Waals surface area contributed by atoms with Crippen molar-refractivity contribution in [2.45, 2.75) is 57.6 Å². The second kappa shape index (κ2) is 7.32. The van der Waals surface area contributed by atoms with Gasteiger partial charge in [0, 0.05) is 12.6 Å². The molecule has 1 aromatic carbocycles. The molecule has 2 N–H and O–H groups in total. The van der Waals surface area contributed by atoms with Crippen molar-refractivity contribution in [3.05, 3.63) is 33.8 Å². The van der Waals surface area contributed by atoms with Crippen LogP contribution in [-0.2, 0) is 11.2 Å². The first-order valence-electron chi connectivity index (χ1n) is 7.80. The summed E-state index contributed by atoms with van der Waals surface area (Å²) in [7, 11) is 0. The Kier molecular flexibility index (Phi) is 5.96. The summed E-state index contributed by atoms with van der Waals surface area (Å²) in [5.41, 5.74) is 7.47. The van der Waals surface area contributed by atoms with Gasteiger partial charge in [0.25, 0.3) is 0 Å². The molecule has 2 nitrogen and oxygen atoms in total. The molecule has 1 aliphatic rings. The van der Waals surface area contributed by atoms with Crippen molar-refractivity contribution in [2.24, 2.45) is 11.7 Å². The van der Waals surface area contributed by atoms with E-state index in [-0.39, 0.29) is 11.6 Å². The van der Waals surface area contributed by atoms with Crippen LogP contribution >= 0.6 is 23.2 Å². The predicted molar refractivity (Wildman–Crippen MR) is 90.1 cm³/mol. The lowest BCUT2D eigenvalue weighted by Gasteiger charge is -2.43. The van der Waals surface area contributed by atoms with E-state index in [4.69, 9.17) is 33.7 Å². The maximum absolute atomic E-state index is 6.53. The Hall–Kier alpha value is -0.280. The van der Waals surface area contributed by atoms with Gasteiger partial charge in [0.2, 0.25) is 0 Å². The van der Waals surface area contributed by atoms with E-state index in [9.17, 15) is 0 Å². The average molecular weight is 330 g/mol. The first kappa shape index (κ1) is 17.1. The lowest BCUT2D eigenvalue weighted by Crippen LogP contribution is -2.53. The molecule has 21 heavy (non-hydrogen) atoms. The van der Waals surface area contributed by atoms with Crippen LogP contribution < -0.4 is 5.73 Å². The van der Waals surface area contributed by atoms with Crippen molar-refractivity contribution in [3.8, 4) is 0 Å². The SMILES string of the molecule is CCOC1(C(N)Cc2ccc(Cl)c(Cl)c2)CCC(C)CC1. The molecule has 1 aliphatic carbocycles. The van der Waals surface area contributed by atoms with Gasteiger partial charge in [-0.15, -0.1) is 0 Å². The van der Waals surface area contributed by atoms with Crippen molar-refractivity contribution in [3.63, 3.8) is 0 Å². The number of hydrogen-bond acceptors (Lipinski definition) is 2. The van der Waals surface area contributed by atoms with E-state index in [1.807, 2.05) is 25.1 Å². The fourth-order valence-corrected chi connectivity index (χ4v) is 3.59. The van der Waals surface area contributed by atoms with Crippen molar-refractivity contribution in [1.82, 2.24) is 0 Å². The van der Waals surface area contributed by atoms with Gasteiger partial charge >= 0.3 is 0 Å². The fraction of sp³-hybridized carbons (Fsp3) is 0.647. The number of halogens is 2. The van der Waals surface area contributed by atoms with Crippen molar-refractivity contribution < 1.29 is 4.74 Å². The molecular weight excluding hydrogens is 305 g/mol. The van der Waals surface area contributed by atoms with E-state index in [1.54, 1.807) is 0 Å². The van der Waals surface area contributed by atoms with Gasteiger partial charge in [-0.25, -0.2) is 0 Å². The maximum atomic E-state index is 6.53. The predicted octanol–water partition coefficient (Wildman–Crippen LogP) is 4.85. The van der Waals surface area contributed by atoms with Crippen LogP contribution in [0, 0.1) is 5.92 Å². The molecule has 4 heteroatoms. The number of hydrogen-bond donors (Lipinski definition) is 1. The molecule has 0 heterocycles.